The first-order chi connectivity index (χ1) is 11.0. The minimum absolute atomic E-state index is 0.0661. The van der Waals surface area contributed by atoms with Crippen molar-refractivity contribution in [1.29, 1.82) is 0 Å². The van der Waals surface area contributed by atoms with E-state index < -0.39 is 0 Å². The summed E-state index contributed by atoms with van der Waals surface area (Å²) in [5, 5.41) is 3.03. The lowest BCUT2D eigenvalue weighted by Crippen LogP contribution is -2.42. The molecule has 0 radical (unpaired) electrons. The van der Waals surface area contributed by atoms with Crippen LogP contribution in [0, 0.1) is 11.3 Å². The summed E-state index contributed by atoms with van der Waals surface area (Å²) in [4.78, 5) is 35.2. The van der Waals surface area contributed by atoms with Crippen LogP contribution in [0.5, 0.6) is 0 Å². The zero-order valence-electron chi connectivity index (χ0n) is 13.8. The fraction of sp³-hybridized carbons (Fsp3) is 0.647. The molecule has 1 saturated heterocycles. The molecule has 0 bridgehead atoms. The Kier molecular flexibility index (Phi) is 4.33. The van der Waals surface area contributed by atoms with Crippen molar-refractivity contribution in [1.82, 2.24) is 20.2 Å². The van der Waals surface area contributed by atoms with Crippen molar-refractivity contribution in [3.05, 3.63) is 24.3 Å². The molecule has 1 saturated carbocycles. The highest BCUT2D eigenvalue weighted by Crippen LogP contribution is 2.49. The fourth-order valence-corrected chi connectivity index (χ4v) is 4.01. The molecule has 1 spiro atoms. The smallest absolute Gasteiger partial charge is 0.291 e. The molecular weight excluding hydrogens is 292 g/mol. The van der Waals surface area contributed by atoms with Crippen LogP contribution < -0.4 is 5.32 Å². The average Bonchev–Trinajstić information content (AvgIpc) is 3.15. The molecule has 1 aromatic heterocycles. The number of rotatable bonds is 3. The first-order valence-corrected chi connectivity index (χ1v) is 8.38. The van der Waals surface area contributed by atoms with Gasteiger partial charge in [0, 0.05) is 36.9 Å². The second kappa shape index (κ2) is 6.26. The molecule has 6 heteroatoms. The van der Waals surface area contributed by atoms with E-state index in [0.717, 1.165) is 25.7 Å². The van der Waals surface area contributed by atoms with Crippen LogP contribution in [0.15, 0.2) is 18.5 Å². The quantitative estimate of drug-likeness (QED) is 0.920. The van der Waals surface area contributed by atoms with Crippen LogP contribution in [0.2, 0.25) is 0 Å². The number of likely N-dealkylation sites (tertiary alicyclic amines) is 1. The third kappa shape index (κ3) is 3.07. The van der Waals surface area contributed by atoms with Crippen LogP contribution in [0.3, 0.4) is 0 Å². The Morgan fingerprint density at radius 1 is 1.26 bits per heavy atom. The van der Waals surface area contributed by atoms with Crippen molar-refractivity contribution in [2.75, 3.05) is 13.1 Å². The lowest BCUT2D eigenvalue weighted by Gasteiger charge is -2.29. The first-order valence-electron chi connectivity index (χ1n) is 8.38. The normalized spacial score (nSPS) is 22.7. The van der Waals surface area contributed by atoms with Crippen molar-refractivity contribution in [2.24, 2.45) is 11.3 Å². The molecule has 23 heavy (non-hydrogen) atoms. The van der Waals surface area contributed by atoms with Crippen LogP contribution in [0.25, 0.3) is 0 Å². The molecule has 2 aliphatic rings. The van der Waals surface area contributed by atoms with Gasteiger partial charge in [0.25, 0.3) is 5.91 Å². The Labute approximate surface area is 136 Å². The number of carbonyl (C=O) groups excluding carboxylic acids is 2. The van der Waals surface area contributed by atoms with Gasteiger partial charge in [0.15, 0.2) is 0 Å². The molecule has 3 rings (SSSR count). The van der Waals surface area contributed by atoms with Gasteiger partial charge in [0.2, 0.25) is 11.7 Å². The molecule has 2 fully saturated rings. The SMILES string of the molecule is CC(C)NC(=O)C1CN(C(=O)c2ncccn2)CC12CCCC2. The fourth-order valence-electron chi connectivity index (χ4n) is 4.01. The molecule has 1 N–H and O–H groups in total. The summed E-state index contributed by atoms with van der Waals surface area (Å²) in [6, 6.07) is 1.81. The zero-order valence-corrected chi connectivity index (χ0v) is 13.8. The highest BCUT2D eigenvalue weighted by atomic mass is 16.2. The Hall–Kier alpha value is -1.98. The Balaban J connectivity index is 1.80. The third-order valence-electron chi connectivity index (χ3n) is 5.04. The van der Waals surface area contributed by atoms with Gasteiger partial charge in [-0.3, -0.25) is 9.59 Å². The number of carbonyl (C=O) groups is 2. The molecule has 124 valence electrons. The predicted octanol–water partition coefficient (Wildman–Crippen LogP) is 1.63. The monoisotopic (exact) mass is 316 g/mol. The second-order valence-electron chi connectivity index (χ2n) is 7.04. The van der Waals surface area contributed by atoms with E-state index in [2.05, 4.69) is 15.3 Å². The number of amides is 2. The predicted molar refractivity (Wildman–Crippen MR) is 85.6 cm³/mol. The van der Waals surface area contributed by atoms with Crippen LogP contribution in [0.4, 0.5) is 0 Å². The van der Waals surface area contributed by atoms with E-state index in [1.807, 2.05) is 13.8 Å². The van der Waals surface area contributed by atoms with Crippen molar-refractivity contribution >= 4 is 11.8 Å². The molecule has 2 heterocycles. The summed E-state index contributed by atoms with van der Waals surface area (Å²) >= 11 is 0. The Morgan fingerprint density at radius 3 is 2.52 bits per heavy atom. The van der Waals surface area contributed by atoms with E-state index in [1.54, 1.807) is 23.4 Å². The highest BCUT2D eigenvalue weighted by Gasteiger charge is 2.52. The molecule has 1 unspecified atom stereocenters. The van der Waals surface area contributed by atoms with Gasteiger partial charge >= 0.3 is 0 Å². The minimum Gasteiger partial charge on any atom is -0.354 e. The summed E-state index contributed by atoms with van der Waals surface area (Å²) in [5.41, 5.74) is -0.0661. The van der Waals surface area contributed by atoms with Gasteiger partial charge in [0.1, 0.15) is 0 Å². The second-order valence-corrected chi connectivity index (χ2v) is 7.04. The molecular formula is C17H24N4O2. The maximum absolute atomic E-state index is 12.6. The van der Waals surface area contributed by atoms with E-state index in [1.165, 1.54) is 0 Å². The Morgan fingerprint density at radius 2 is 1.91 bits per heavy atom. The van der Waals surface area contributed by atoms with Gasteiger partial charge < -0.3 is 10.2 Å². The van der Waals surface area contributed by atoms with Crippen molar-refractivity contribution in [2.45, 2.75) is 45.6 Å². The molecule has 1 aromatic rings. The topological polar surface area (TPSA) is 75.2 Å². The number of hydrogen-bond donors (Lipinski definition) is 1. The van der Waals surface area contributed by atoms with Gasteiger partial charge in [-0.1, -0.05) is 12.8 Å². The Bertz CT molecular complexity index is 582. The maximum Gasteiger partial charge on any atom is 0.291 e. The summed E-state index contributed by atoms with van der Waals surface area (Å²) in [5.74, 6) is -0.00599. The maximum atomic E-state index is 12.6. The van der Waals surface area contributed by atoms with Crippen LogP contribution in [-0.2, 0) is 4.79 Å². The molecule has 1 aliphatic carbocycles. The van der Waals surface area contributed by atoms with Gasteiger partial charge in [-0.05, 0) is 32.8 Å². The summed E-state index contributed by atoms with van der Waals surface area (Å²) < 4.78 is 0. The van der Waals surface area contributed by atoms with E-state index in [-0.39, 0.29) is 35.0 Å². The molecule has 2 amide bonds. The molecule has 0 aromatic carbocycles. The van der Waals surface area contributed by atoms with E-state index in [4.69, 9.17) is 0 Å². The summed E-state index contributed by atoms with van der Waals surface area (Å²) in [7, 11) is 0. The van der Waals surface area contributed by atoms with Crippen LogP contribution in [0.1, 0.15) is 50.1 Å². The highest BCUT2D eigenvalue weighted by molar-refractivity contribution is 5.91. The number of nitrogens with one attached hydrogen (secondary N) is 1. The lowest BCUT2D eigenvalue weighted by molar-refractivity contribution is -0.128. The first kappa shape index (κ1) is 15.9. The van der Waals surface area contributed by atoms with Crippen LogP contribution >= 0.6 is 0 Å². The van der Waals surface area contributed by atoms with Gasteiger partial charge in [0.05, 0.1) is 5.92 Å². The number of hydrogen-bond acceptors (Lipinski definition) is 4. The minimum atomic E-state index is -0.170. The number of aromatic nitrogens is 2. The standard InChI is InChI=1S/C17H24N4O2/c1-12(2)20-15(22)13-10-21(11-17(13)6-3-4-7-17)16(23)14-18-8-5-9-19-14/h5,8-9,12-13H,3-4,6-7,10-11H2,1-2H3,(H,20,22). The van der Waals surface area contributed by atoms with E-state index in [0.29, 0.717) is 13.1 Å². The molecule has 1 aliphatic heterocycles. The van der Waals surface area contributed by atoms with Crippen molar-refractivity contribution in [3.8, 4) is 0 Å². The van der Waals surface area contributed by atoms with E-state index in [9.17, 15) is 9.59 Å². The number of nitrogens with zero attached hydrogens (tertiary/aromatic N) is 3. The largest absolute Gasteiger partial charge is 0.354 e. The lowest BCUT2D eigenvalue weighted by atomic mass is 9.76. The zero-order chi connectivity index (χ0) is 16.4. The molecule has 1 atom stereocenters. The van der Waals surface area contributed by atoms with Gasteiger partial charge in [-0.15, -0.1) is 0 Å². The third-order valence-corrected chi connectivity index (χ3v) is 5.04. The summed E-state index contributed by atoms with van der Waals surface area (Å²) in [6.45, 7) is 5.04. The van der Waals surface area contributed by atoms with Gasteiger partial charge in [-0.2, -0.15) is 0 Å². The van der Waals surface area contributed by atoms with Crippen molar-refractivity contribution < 1.29 is 9.59 Å². The van der Waals surface area contributed by atoms with Crippen molar-refractivity contribution in [3.63, 3.8) is 0 Å². The summed E-state index contributed by atoms with van der Waals surface area (Å²) in [6.07, 6.45) is 7.45. The van der Waals surface area contributed by atoms with Crippen LogP contribution in [-0.4, -0.2) is 45.8 Å². The molecule has 6 nitrogen and oxygen atoms in total. The van der Waals surface area contributed by atoms with Gasteiger partial charge in [-0.25, -0.2) is 9.97 Å². The van der Waals surface area contributed by atoms with E-state index >= 15 is 0 Å². The average molecular weight is 316 g/mol.